The third kappa shape index (κ3) is 5.90. The number of nitrogens with zero attached hydrogens (tertiary/aromatic N) is 2. The summed E-state index contributed by atoms with van der Waals surface area (Å²) in [5.41, 5.74) is 7.74. The molecule has 0 atom stereocenters. The minimum atomic E-state index is -3.07. The van der Waals surface area contributed by atoms with E-state index in [4.69, 9.17) is 10.5 Å². The van der Waals surface area contributed by atoms with Crippen LogP contribution in [-0.4, -0.2) is 51.7 Å². The van der Waals surface area contributed by atoms with Crippen molar-refractivity contribution in [2.75, 3.05) is 38.3 Å². The zero-order valence-electron chi connectivity index (χ0n) is 13.2. The van der Waals surface area contributed by atoms with Crippen molar-refractivity contribution in [2.45, 2.75) is 6.61 Å². The van der Waals surface area contributed by atoms with E-state index in [0.29, 0.717) is 32.2 Å². The van der Waals surface area contributed by atoms with Crippen molar-refractivity contribution in [1.82, 2.24) is 4.31 Å². The summed E-state index contributed by atoms with van der Waals surface area (Å²) in [6, 6.07) is 7.70. The molecule has 1 aromatic rings. The van der Waals surface area contributed by atoms with Gasteiger partial charge in [0.05, 0.1) is 12.9 Å². The zero-order valence-corrected chi connectivity index (χ0v) is 16.4. The molecule has 1 saturated heterocycles. The molecule has 7 nitrogen and oxygen atoms in total. The molecule has 1 aliphatic heterocycles. The first-order chi connectivity index (χ1) is 10.4. The van der Waals surface area contributed by atoms with Crippen molar-refractivity contribution in [3.05, 3.63) is 29.8 Å². The summed E-state index contributed by atoms with van der Waals surface area (Å²) >= 11 is 0. The molecule has 0 unspecified atom stereocenters. The van der Waals surface area contributed by atoms with Gasteiger partial charge in [0.15, 0.2) is 5.96 Å². The Bertz CT molecular complexity index is 645. The molecule has 0 amide bonds. The number of aliphatic imine (C=N–C) groups is 1. The minimum absolute atomic E-state index is 0. The monoisotopic (exact) mass is 454 g/mol. The Balaban J connectivity index is 0.00000264. The Morgan fingerprint density at radius 2 is 2.09 bits per heavy atom. The van der Waals surface area contributed by atoms with E-state index in [1.165, 1.54) is 10.6 Å². The molecule has 0 radical (unpaired) electrons. The summed E-state index contributed by atoms with van der Waals surface area (Å²) in [6.45, 7) is 2.02. The number of para-hydroxylation sites is 1. The molecule has 130 valence electrons. The smallest absolute Gasteiger partial charge is 0.211 e. The third-order valence-electron chi connectivity index (χ3n) is 3.49. The van der Waals surface area contributed by atoms with E-state index in [1.807, 2.05) is 24.3 Å². The van der Waals surface area contributed by atoms with Crippen LogP contribution in [0.15, 0.2) is 29.3 Å². The highest BCUT2D eigenvalue weighted by atomic mass is 127. The second-order valence-corrected chi connectivity index (χ2v) is 7.37. The molecule has 1 aliphatic rings. The first kappa shape index (κ1) is 20.1. The van der Waals surface area contributed by atoms with Crippen molar-refractivity contribution >= 4 is 45.6 Å². The van der Waals surface area contributed by atoms with Gasteiger partial charge in [-0.25, -0.2) is 12.7 Å². The number of hydrogen-bond acceptors (Lipinski definition) is 4. The first-order valence-electron chi connectivity index (χ1n) is 6.99. The number of anilines is 1. The highest BCUT2D eigenvalue weighted by molar-refractivity contribution is 14.0. The number of rotatable bonds is 6. The van der Waals surface area contributed by atoms with Crippen LogP contribution < -0.4 is 11.1 Å². The molecule has 1 aromatic carbocycles. The van der Waals surface area contributed by atoms with Gasteiger partial charge in [0.1, 0.15) is 0 Å². The van der Waals surface area contributed by atoms with Gasteiger partial charge in [-0.3, -0.25) is 4.99 Å². The van der Waals surface area contributed by atoms with E-state index in [2.05, 4.69) is 10.3 Å². The number of sulfonamides is 1. The van der Waals surface area contributed by atoms with E-state index in [-0.39, 0.29) is 29.9 Å². The van der Waals surface area contributed by atoms with Crippen LogP contribution in [-0.2, 0) is 21.4 Å². The van der Waals surface area contributed by atoms with E-state index in [0.717, 1.165) is 11.3 Å². The lowest BCUT2D eigenvalue weighted by atomic mass is 10.0. The number of halogens is 1. The van der Waals surface area contributed by atoms with Gasteiger partial charge < -0.3 is 15.8 Å². The highest BCUT2D eigenvalue weighted by Crippen LogP contribution is 2.19. The van der Waals surface area contributed by atoms with Gasteiger partial charge in [0.25, 0.3) is 0 Å². The fourth-order valence-electron chi connectivity index (χ4n) is 2.24. The number of methoxy groups -OCH3 is 1. The molecule has 0 spiro atoms. The molecule has 0 aliphatic carbocycles. The summed E-state index contributed by atoms with van der Waals surface area (Å²) in [5.74, 6) is 0.547. The molecule has 0 bridgehead atoms. The molecule has 3 N–H and O–H groups in total. The summed E-state index contributed by atoms with van der Waals surface area (Å²) in [6.07, 6.45) is 1.22. The summed E-state index contributed by atoms with van der Waals surface area (Å²) < 4.78 is 29.1. The van der Waals surface area contributed by atoms with Crippen LogP contribution in [0.1, 0.15) is 5.56 Å². The van der Waals surface area contributed by atoms with Gasteiger partial charge in [-0.1, -0.05) is 18.2 Å². The number of benzene rings is 1. The predicted molar refractivity (Wildman–Crippen MR) is 103 cm³/mol. The Kier molecular flexibility index (Phi) is 7.71. The van der Waals surface area contributed by atoms with Crippen molar-refractivity contribution in [2.24, 2.45) is 16.6 Å². The maximum Gasteiger partial charge on any atom is 0.211 e. The number of nitrogens with one attached hydrogen (secondary N) is 1. The topological polar surface area (TPSA) is 97.0 Å². The van der Waals surface area contributed by atoms with E-state index in [1.54, 1.807) is 7.11 Å². The molecule has 1 fully saturated rings. The standard InChI is InChI=1S/C14H22N4O3S.HI/c1-21-10-12-5-3-4-6-13(12)17-14(15)16-7-11-8-18(9-11)22(2,19)20;/h3-6,11H,7-10H2,1-2H3,(H3,15,16,17);1H. The van der Waals surface area contributed by atoms with Crippen LogP contribution >= 0.6 is 24.0 Å². The fourth-order valence-corrected chi connectivity index (χ4v) is 3.20. The Morgan fingerprint density at radius 3 is 2.70 bits per heavy atom. The number of nitrogens with two attached hydrogens (primary N) is 1. The minimum Gasteiger partial charge on any atom is -0.380 e. The summed E-state index contributed by atoms with van der Waals surface area (Å²) in [5, 5.41) is 3.06. The number of guanidine groups is 1. The highest BCUT2D eigenvalue weighted by Gasteiger charge is 2.32. The second kappa shape index (κ2) is 8.81. The average Bonchev–Trinajstić information content (AvgIpc) is 2.38. The number of hydrogen-bond donors (Lipinski definition) is 2. The molecule has 1 heterocycles. The van der Waals surface area contributed by atoms with Crippen molar-refractivity contribution in [3.63, 3.8) is 0 Å². The summed E-state index contributed by atoms with van der Waals surface area (Å²) in [4.78, 5) is 4.28. The predicted octanol–water partition coefficient (Wildman–Crippen LogP) is 1.07. The molecule has 9 heteroatoms. The van der Waals surface area contributed by atoms with Crippen LogP contribution in [0, 0.1) is 5.92 Å². The van der Waals surface area contributed by atoms with Gasteiger partial charge in [0.2, 0.25) is 10.0 Å². The molecule has 2 rings (SSSR count). The lowest BCUT2D eigenvalue weighted by molar-refractivity contribution is 0.185. The SMILES string of the molecule is COCc1ccccc1NC(N)=NCC1CN(S(C)(=O)=O)C1.I. The van der Waals surface area contributed by atoms with Crippen LogP contribution in [0.25, 0.3) is 0 Å². The van der Waals surface area contributed by atoms with Crippen molar-refractivity contribution in [1.29, 1.82) is 0 Å². The quantitative estimate of drug-likeness (QED) is 0.381. The third-order valence-corrected chi connectivity index (χ3v) is 4.73. The van der Waals surface area contributed by atoms with Crippen LogP contribution in [0.3, 0.4) is 0 Å². The van der Waals surface area contributed by atoms with Gasteiger partial charge in [0, 0.05) is 43.9 Å². The van der Waals surface area contributed by atoms with E-state index >= 15 is 0 Å². The Morgan fingerprint density at radius 1 is 1.43 bits per heavy atom. The second-order valence-electron chi connectivity index (χ2n) is 5.39. The van der Waals surface area contributed by atoms with Gasteiger partial charge in [-0.05, 0) is 6.07 Å². The maximum atomic E-state index is 11.3. The van der Waals surface area contributed by atoms with Crippen LogP contribution in [0.2, 0.25) is 0 Å². The van der Waals surface area contributed by atoms with Crippen molar-refractivity contribution in [3.8, 4) is 0 Å². The fraction of sp³-hybridized carbons (Fsp3) is 0.500. The molecule has 0 saturated carbocycles. The van der Waals surface area contributed by atoms with E-state index in [9.17, 15) is 8.42 Å². The largest absolute Gasteiger partial charge is 0.380 e. The summed E-state index contributed by atoms with van der Waals surface area (Å²) in [7, 11) is -1.44. The molecule has 23 heavy (non-hydrogen) atoms. The van der Waals surface area contributed by atoms with E-state index < -0.39 is 10.0 Å². The maximum absolute atomic E-state index is 11.3. The van der Waals surface area contributed by atoms with Crippen LogP contribution in [0.4, 0.5) is 5.69 Å². The molecular formula is C14H23IN4O3S. The average molecular weight is 454 g/mol. The van der Waals surface area contributed by atoms with Crippen LogP contribution in [0.5, 0.6) is 0 Å². The van der Waals surface area contributed by atoms with Gasteiger partial charge >= 0.3 is 0 Å². The number of ether oxygens (including phenoxy) is 1. The molecular weight excluding hydrogens is 431 g/mol. The lowest BCUT2D eigenvalue weighted by Gasteiger charge is -2.36. The normalized spacial score (nSPS) is 16.5. The Labute approximate surface area is 154 Å². The van der Waals surface area contributed by atoms with Gasteiger partial charge in [-0.2, -0.15) is 0 Å². The molecule has 0 aromatic heterocycles. The Hall–Kier alpha value is -0.910. The lowest BCUT2D eigenvalue weighted by Crippen LogP contribution is -2.50. The zero-order chi connectivity index (χ0) is 16.2. The van der Waals surface area contributed by atoms with Crippen molar-refractivity contribution < 1.29 is 13.2 Å². The first-order valence-corrected chi connectivity index (χ1v) is 8.84. The van der Waals surface area contributed by atoms with Gasteiger partial charge in [-0.15, -0.1) is 24.0 Å².